The van der Waals surface area contributed by atoms with Crippen LogP contribution in [0.3, 0.4) is 0 Å². The number of hydrogen-bond acceptors (Lipinski definition) is 4. The lowest BCUT2D eigenvalue weighted by atomic mass is 9.91. The highest BCUT2D eigenvalue weighted by Crippen LogP contribution is 2.45. The van der Waals surface area contributed by atoms with E-state index in [1.807, 2.05) is 18.2 Å². The van der Waals surface area contributed by atoms with Gasteiger partial charge in [-0.25, -0.2) is 4.98 Å². The average molecular weight is 371 g/mol. The molecule has 26 heavy (non-hydrogen) atoms. The van der Waals surface area contributed by atoms with Gasteiger partial charge in [0, 0.05) is 31.3 Å². The number of aromatic nitrogens is 1. The minimum atomic E-state index is -0.604. The van der Waals surface area contributed by atoms with Gasteiger partial charge in [-0.1, -0.05) is 41.9 Å². The first-order valence-corrected chi connectivity index (χ1v) is 9.52. The van der Waals surface area contributed by atoms with Gasteiger partial charge in [0.15, 0.2) is 5.78 Å². The molecular weight excluding hydrogens is 348 g/mol. The van der Waals surface area contributed by atoms with Crippen LogP contribution >= 0.6 is 11.6 Å². The molecule has 1 saturated heterocycles. The zero-order valence-electron chi connectivity index (χ0n) is 14.6. The van der Waals surface area contributed by atoms with Crippen molar-refractivity contribution in [2.75, 3.05) is 19.6 Å². The number of hydrogen-bond donors (Lipinski definition) is 1. The van der Waals surface area contributed by atoms with Crippen molar-refractivity contribution < 1.29 is 9.90 Å². The Labute approximate surface area is 158 Å². The van der Waals surface area contributed by atoms with Gasteiger partial charge >= 0.3 is 0 Å². The molecule has 2 aliphatic rings. The largest absolute Gasteiger partial charge is 0.390 e. The first-order valence-electron chi connectivity index (χ1n) is 9.14. The summed E-state index contributed by atoms with van der Waals surface area (Å²) < 4.78 is 0. The van der Waals surface area contributed by atoms with Crippen LogP contribution in [0.15, 0.2) is 48.7 Å². The van der Waals surface area contributed by atoms with Crippen molar-refractivity contribution in [1.29, 1.82) is 0 Å². The number of carbonyl (C=O) groups is 1. The summed E-state index contributed by atoms with van der Waals surface area (Å²) in [4.78, 5) is 18.6. The average Bonchev–Trinajstić information content (AvgIpc) is 3.10. The number of carbonyl (C=O) groups excluding carboxylic acids is 1. The quantitative estimate of drug-likeness (QED) is 0.648. The lowest BCUT2D eigenvalue weighted by molar-refractivity contribution is 0.0355. The number of nitrogens with zero attached hydrogens (tertiary/aromatic N) is 2. The minimum absolute atomic E-state index is 0.0775. The maximum absolute atomic E-state index is 12.4. The number of pyridine rings is 1. The van der Waals surface area contributed by atoms with E-state index in [2.05, 4.69) is 22.0 Å². The van der Waals surface area contributed by atoms with Crippen LogP contribution in [0.25, 0.3) is 0 Å². The van der Waals surface area contributed by atoms with Gasteiger partial charge in [-0.2, -0.15) is 0 Å². The fourth-order valence-electron chi connectivity index (χ4n) is 4.64. The predicted octanol–water partition coefficient (Wildman–Crippen LogP) is 3.23. The van der Waals surface area contributed by atoms with Crippen molar-refractivity contribution in [3.8, 4) is 0 Å². The molecule has 1 aliphatic heterocycles. The first-order chi connectivity index (χ1) is 12.5. The Hall–Kier alpha value is -1.75. The zero-order chi connectivity index (χ0) is 18.1. The Kier molecular flexibility index (Phi) is 4.82. The van der Waals surface area contributed by atoms with Crippen molar-refractivity contribution in [2.24, 2.45) is 11.8 Å². The highest BCUT2D eigenvalue weighted by molar-refractivity contribution is 6.29. The molecule has 2 unspecified atom stereocenters. The molecule has 2 heterocycles. The van der Waals surface area contributed by atoms with Crippen molar-refractivity contribution in [2.45, 2.75) is 24.9 Å². The van der Waals surface area contributed by atoms with Gasteiger partial charge in [-0.3, -0.25) is 9.69 Å². The molecule has 1 saturated carbocycles. The van der Waals surface area contributed by atoms with Crippen molar-refractivity contribution in [3.63, 3.8) is 0 Å². The topological polar surface area (TPSA) is 53.4 Å². The summed E-state index contributed by atoms with van der Waals surface area (Å²) in [5, 5.41) is 11.4. The molecule has 1 aliphatic carbocycles. The summed E-state index contributed by atoms with van der Waals surface area (Å²) in [5.41, 5.74) is 1.19. The molecular formula is C21H23ClN2O2. The minimum Gasteiger partial charge on any atom is -0.390 e. The molecule has 136 valence electrons. The van der Waals surface area contributed by atoms with Crippen LogP contribution in [0, 0.1) is 11.8 Å². The number of fused-ring (bicyclic) bond motifs is 1. The second kappa shape index (κ2) is 7.10. The Balaban J connectivity index is 1.33. The molecule has 0 bridgehead atoms. The van der Waals surface area contributed by atoms with Gasteiger partial charge in [0.1, 0.15) is 5.15 Å². The van der Waals surface area contributed by atoms with Crippen LogP contribution in [0.4, 0.5) is 0 Å². The number of aliphatic hydroxyl groups is 1. The molecule has 5 heteroatoms. The fraction of sp³-hybridized carbons (Fsp3) is 0.429. The summed E-state index contributed by atoms with van der Waals surface area (Å²) in [6, 6.07) is 13.6. The number of halogens is 1. The van der Waals surface area contributed by atoms with Crippen LogP contribution in [0.5, 0.6) is 0 Å². The molecule has 0 amide bonds. The van der Waals surface area contributed by atoms with E-state index in [1.165, 1.54) is 5.56 Å². The van der Waals surface area contributed by atoms with Gasteiger partial charge in [0.05, 0.1) is 12.1 Å². The maximum atomic E-state index is 12.4. The van der Waals surface area contributed by atoms with Crippen molar-refractivity contribution in [1.82, 2.24) is 9.88 Å². The van der Waals surface area contributed by atoms with E-state index < -0.39 is 5.60 Å². The van der Waals surface area contributed by atoms with Crippen LogP contribution < -0.4 is 0 Å². The van der Waals surface area contributed by atoms with Gasteiger partial charge in [-0.15, -0.1) is 0 Å². The van der Waals surface area contributed by atoms with E-state index in [1.54, 1.807) is 18.3 Å². The highest BCUT2D eigenvalue weighted by Gasteiger charge is 2.48. The first kappa shape index (κ1) is 17.7. The Morgan fingerprint density at radius 1 is 1.15 bits per heavy atom. The van der Waals surface area contributed by atoms with Gasteiger partial charge in [-0.05, 0) is 42.4 Å². The van der Waals surface area contributed by atoms with Crippen LogP contribution in [-0.4, -0.2) is 46.0 Å². The summed E-state index contributed by atoms with van der Waals surface area (Å²) >= 11 is 5.78. The molecule has 1 N–H and O–H groups in total. The lowest BCUT2D eigenvalue weighted by Crippen LogP contribution is -2.34. The van der Waals surface area contributed by atoms with E-state index in [9.17, 15) is 9.90 Å². The Bertz CT molecular complexity index is 764. The Morgan fingerprint density at radius 2 is 1.85 bits per heavy atom. The number of likely N-dealkylation sites (tertiary alicyclic amines) is 1. The van der Waals surface area contributed by atoms with E-state index in [4.69, 9.17) is 11.6 Å². The van der Waals surface area contributed by atoms with E-state index in [0.29, 0.717) is 29.1 Å². The van der Waals surface area contributed by atoms with Gasteiger partial charge < -0.3 is 5.11 Å². The van der Waals surface area contributed by atoms with Crippen LogP contribution in [-0.2, 0) is 6.42 Å². The number of ketones is 1. The lowest BCUT2D eigenvalue weighted by Gasteiger charge is -2.26. The standard InChI is InChI=1S/C21H23ClN2O2/c22-20-7-6-16(11-23-20)19(25)14-24-12-17-9-21(26,10-18(17)13-24)8-15-4-2-1-3-5-15/h1-7,11,17-18,26H,8-10,12-14H2. The molecule has 2 aromatic rings. The van der Waals surface area contributed by atoms with Crippen molar-refractivity contribution >= 4 is 17.4 Å². The normalized spacial score (nSPS) is 28.2. The number of rotatable bonds is 5. The van der Waals surface area contributed by atoms with Crippen molar-refractivity contribution in [3.05, 3.63) is 64.9 Å². The summed E-state index contributed by atoms with van der Waals surface area (Å²) in [6.07, 6.45) is 3.90. The fourth-order valence-corrected chi connectivity index (χ4v) is 4.75. The number of benzene rings is 1. The summed E-state index contributed by atoms with van der Waals surface area (Å²) in [5.74, 6) is 1.02. The van der Waals surface area contributed by atoms with Gasteiger partial charge in [0.2, 0.25) is 0 Å². The zero-order valence-corrected chi connectivity index (χ0v) is 15.4. The molecule has 0 radical (unpaired) electrons. The second-order valence-electron chi connectivity index (χ2n) is 7.80. The molecule has 1 aromatic heterocycles. The molecule has 4 nitrogen and oxygen atoms in total. The molecule has 2 fully saturated rings. The number of Topliss-reactive ketones (excluding diaryl/α,β-unsaturated/α-hetero) is 1. The molecule has 1 aromatic carbocycles. The van der Waals surface area contributed by atoms with Crippen LogP contribution in [0.1, 0.15) is 28.8 Å². The maximum Gasteiger partial charge on any atom is 0.178 e. The summed E-state index contributed by atoms with van der Waals surface area (Å²) in [7, 11) is 0. The third-order valence-corrected chi connectivity index (χ3v) is 5.95. The third-order valence-electron chi connectivity index (χ3n) is 5.73. The van der Waals surface area contributed by atoms with Gasteiger partial charge in [0.25, 0.3) is 0 Å². The van der Waals surface area contributed by atoms with E-state index >= 15 is 0 Å². The predicted molar refractivity (Wildman–Crippen MR) is 101 cm³/mol. The van der Waals surface area contributed by atoms with E-state index in [-0.39, 0.29) is 5.78 Å². The second-order valence-corrected chi connectivity index (χ2v) is 8.19. The molecule has 2 atom stereocenters. The van der Waals surface area contributed by atoms with Crippen LogP contribution in [0.2, 0.25) is 5.15 Å². The van der Waals surface area contributed by atoms with E-state index in [0.717, 1.165) is 32.4 Å². The highest BCUT2D eigenvalue weighted by atomic mass is 35.5. The smallest absolute Gasteiger partial charge is 0.178 e. The molecule has 4 rings (SSSR count). The molecule has 0 spiro atoms. The summed E-state index contributed by atoms with van der Waals surface area (Å²) in [6.45, 7) is 2.18. The third kappa shape index (κ3) is 3.83. The SMILES string of the molecule is O=C(CN1CC2CC(O)(Cc3ccccc3)CC2C1)c1ccc(Cl)nc1. The monoisotopic (exact) mass is 370 g/mol. The Morgan fingerprint density at radius 3 is 2.46 bits per heavy atom.